The molecule has 2 N–H and O–H groups in total. The highest BCUT2D eigenvalue weighted by Gasteiger charge is 2.21. The first-order valence-electron chi connectivity index (χ1n) is 7.95. The number of hydrogen-bond acceptors (Lipinski definition) is 3. The summed E-state index contributed by atoms with van der Waals surface area (Å²) in [7, 11) is 4.04. The Hall–Kier alpha value is -2.55. The van der Waals surface area contributed by atoms with Gasteiger partial charge in [-0.1, -0.05) is 29.8 Å². The summed E-state index contributed by atoms with van der Waals surface area (Å²) < 4.78 is 5.44. The van der Waals surface area contributed by atoms with Crippen molar-refractivity contribution in [2.24, 2.45) is 0 Å². The van der Waals surface area contributed by atoms with Gasteiger partial charge in [0.2, 0.25) is 0 Å². The fourth-order valence-corrected chi connectivity index (χ4v) is 2.69. The molecular weight excluding hydrogens is 338 g/mol. The summed E-state index contributed by atoms with van der Waals surface area (Å²) in [6.07, 6.45) is 0. The van der Waals surface area contributed by atoms with Crippen molar-refractivity contribution in [3.8, 4) is 11.8 Å². The van der Waals surface area contributed by atoms with E-state index in [9.17, 15) is 4.79 Å². The second-order valence-electron chi connectivity index (χ2n) is 5.88. The topological polar surface area (TPSA) is 66.6 Å². The zero-order valence-corrected chi connectivity index (χ0v) is 15.0. The first-order valence-corrected chi connectivity index (χ1v) is 8.33. The lowest BCUT2D eigenvalue weighted by Gasteiger charge is -2.23. The third-order valence-corrected chi connectivity index (χ3v) is 4.18. The van der Waals surface area contributed by atoms with E-state index in [1.807, 2.05) is 44.4 Å². The van der Waals surface area contributed by atoms with Crippen LogP contribution in [0, 0.1) is 11.3 Å². The SMILES string of the molecule is C[NH+](C)[C@@H](CNC(=O)COc1ccc(C#N)cc1)c1ccccc1Cl. The zero-order valence-electron chi connectivity index (χ0n) is 14.3. The Morgan fingerprint density at radius 3 is 2.52 bits per heavy atom. The number of ether oxygens (including phenoxy) is 1. The third kappa shape index (κ3) is 5.49. The van der Waals surface area contributed by atoms with E-state index in [0.29, 0.717) is 22.9 Å². The number of nitriles is 1. The van der Waals surface area contributed by atoms with Crippen LogP contribution in [0.5, 0.6) is 5.75 Å². The quantitative estimate of drug-likeness (QED) is 0.790. The highest BCUT2D eigenvalue weighted by molar-refractivity contribution is 6.31. The second-order valence-corrected chi connectivity index (χ2v) is 6.29. The Morgan fingerprint density at radius 1 is 1.24 bits per heavy atom. The van der Waals surface area contributed by atoms with Crippen molar-refractivity contribution >= 4 is 17.5 Å². The minimum absolute atomic E-state index is 0.0487. The Labute approximate surface area is 152 Å². The summed E-state index contributed by atoms with van der Waals surface area (Å²) >= 11 is 6.27. The molecule has 2 rings (SSSR count). The maximum Gasteiger partial charge on any atom is 0.258 e. The summed E-state index contributed by atoms with van der Waals surface area (Å²) in [4.78, 5) is 13.2. The molecule has 0 saturated heterocycles. The monoisotopic (exact) mass is 358 g/mol. The largest absolute Gasteiger partial charge is 0.484 e. The van der Waals surface area contributed by atoms with Gasteiger partial charge in [0.15, 0.2) is 6.61 Å². The normalized spacial score (nSPS) is 11.6. The van der Waals surface area contributed by atoms with Crippen LogP contribution in [0.4, 0.5) is 0 Å². The molecule has 0 aromatic heterocycles. The maximum absolute atomic E-state index is 12.1. The number of quaternary nitrogens is 1. The van der Waals surface area contributed by atoms with Crippen molar-refractivity contribution < 1.29 is 14.4 Å². The van der Waals surface area contributed by atoms with Gasteiger partial charge in [-0.2, -0.15) is 5.26 Å². The molecule has 0 unspecified atom stereocenters. The average Bonchev–Trinajstić information content (AvgIpc) is 2.61. The number of rotatable bonds is 7. The first-order chi connectivity index (χ1) is 12.0. The predicted molar refractivity (Wildman–Crippen MR) is 96.7 cm³/mol. The van der Waals surface area contributed by atoms with Crippen LogP contribution in [0.25, 0.3) is 0 Å². The van der Waals surface area contributed by atoms with Crippen molar-refractivity contribution in [2.75, 3.05) is 27.2 Å². The van der Waals surface area contributed by atoms with E-state index in [2.05, 4.69) is 5.32 Å². The van der Waals surface area contributed by atoms with E-state index in [4.69, 9.17) is 21.6 Å². The first kappa shape index (κ1) is 18.8. The summed E-state index contributed by atoms with van der Waals surface area (Å²) in [5, 5.41) is 12.3. The minimum atomic E-state index is -0.206. The standard InChI is InChI=1S/C19H20ClN3O2/c1-23(2)18(16-5-3-4-6-17(16)20)12-22-19(24)13-25-15-9-7-14(11-21)8-10-15/h3-10,18H,12-13H2,1-2H3,(H,22,24)/p+1/t18-/m0/s1. The van der Waals surface area contributed by atoms with Gasteiger partial charge in [-0.25, -0.2) is 0 Å². The van der Waals surface area contributed by atoms with Crippen molar-refractivity contribution in [2.45, 2.75) is 6.04 Å². The number of amides is 1. The number of likely N-dealkylation sites (N-methyl/N-ethyl adjacent to an activating group) is 1. The van der Waals surface area contributed by atoms with Gasteiger partial charge in [-0.05, 0) is 30.3 Å². The molecule has 1 amide bonds. The summed E-state index contributed by atoms with van der Waals surface area (Å²) in [5.74, 6) is 0.345. The molecule has 0 saturated carbocycles. The van der Waals surface area contributed by atoms with E-state index >= 15 is 0 Å². The molecular formula is C19H21ClN3O2+. The molecule has 130 valence electrons. The van der Waals surface area contributed by atoms with Crippen molar-refractivity contribution in [3.05, 3.63) is 64.7 Å². The van der Waals surface area contributed by atoms with Crippen molar-refractivity contribution in [1.29, 1.82) is 5.26 Å². The van der Waals surface area contributed by atoms with Crippen LogP contribution in [-0.4, -0.2) is 33.2 Å². The fraction of sp³-hybridized carbons (Fsp3) is 0.263. The number of carbonyl (C=O) groups excluding carboxylic acids is 1. The van der Waals surface area contributed by atoms with Gasteiger partial charge in [0, 0.05) is 10.6 Å². The molecule has 0 fully saturated rings. The van der Waals surface area contributed by atoms with Crippen LogP contribution < -0.4 is 15.0 Å². The molecule has 0 aliphatic carbocycles. The number of carbonyl (C=O) groups is 1. The number of hydrogen-bond donors (Lipinski definition) is 2. The lowest BCUT2D eigenvalue weighted by molar-refractivity contribution is -0.890. The number of halogens is 1. The number of nitrogens with zero attached hydrogens (tertiary/aromatic N) is 1. The predicted octanol–water partition coefficient (Wildman–Crippen LogP) is 1.59. The van der Waals surface area contributed by atoms with E-state index in [0.717, 1.165) is 5.56 Å². The molecule has 5 nitrogen and oxygen atoms in total. The van der Waals surface area contributed by atoms with Crippen LogP contribution in [0.2, 0.25) is 5.02 Å². The Bertz CT molecular complexity index is 754. The highest BCUT2D eigenvalue weighted by Crippen LogP contribution is 2.20. The minimum Gasteiger partial charge on any atom is -0.484 e. The Balaban J connectivity index is 1.88. The maximum atomic E-state index is 12.1. The van der Waals surface area contributed by atoms with Crippen LogP contribution >= 0.6 is 11.6 Å². The summed E-state index contributed by atoms with van der Waals surface area (Å²) in [6.45, 7) is 0.380. The van der Waals surface area contributed by atoms with Gasteiger partial charge in [-0.3, -0.25) is 4.79 Å². The van der Waals surface area contributed by atoms with Crippen molar-refractivity contribution in [1.82, 2.24) is 5.32 Å². The molecule has 6 heteroatoms. The molecule has 25 heavy (non-hydrogen) atoms. The molecule has 1 atom stereocenters. The lowest BCUT2D eigenvalue weighted by Crippen LogP contribution is -3.07. The smallest absolute Gasteiger partial charge is 0.258 e. The van der Waals surface area contributed by atoms with Crippen LogP contribution in [0.1, 0.15) is 17.2 Å². The van der Waals surface area contributed by atoms with E-state index < -0.39 is 0 Å². The van der Waals surface area contributed by atoms with Gasteiger partial charge in [0.1, 0.15) is 11.8 Å². The van der Waals surface area contributed by atoms with E-state index in [-0.39, 0.29) is 18.6 Å². The lowest BCUT2D eigenvalue weighted by atomic mass is 10.1. The van der Waals surface area contributed by atoms with Gasteiger partial charge in [-0.15, -0.1) is 0 Å². The van der Waals surface area contributed by atoms with Gasteiger partial charge in [0.25, 0.3) is 5.91 Å². The number of benzene rings is 2. The Morgan fingerprint density at radius 2 is 1.92 bits per heavy atom. The molecule has 2 aromatic carbocycles. The van der Waals surface area contributed by atoms with Crippen LogP contribution in [0.3, 0.4) is 0 Å². The van der Waals surface area contributed by atoms with Crippen LogP contribution in [0.15, 0.2) is 48.5 Å². The molecule has 2 aromatic rings. The molecule has 0 aliphatic heterocycles. The molecule has 0 bridgehead atoms. The highest BCUT2D eigenvalue weighted by atomic mass is 35.5. The van der Waals surface area contributed by atoms with Crippen molar-refractivity contribution in [3.63, 3.8) is 0 Å². The van der Waals surface area contributed by atoms with Gasteiger partial charge < -0.3 is 15.0 Å². The average molecular weight is 359 g/mol. The second kappa shape index (κ2) is 9.07. The summed E-state index contributed by atoms with van der Waals surface area (Å²) in [5.41, 5.74) is 1.55. The molecule has 0 heterocycles. The molecule has 0 radical (unpaired) electrons. The fourth-order valence-electron chi connectivity index (χ4n) is 2.42. The number of nitrogens with one attached hydrogen (secondary N) is 2. The third-order valence-electron chi connectivity index (χ3n) is 3.83. The van der Waals surface area contributed by atoms with E-state index in [1.165, 1.54) is 4.90 Å². The van der Waals surface area contributed by atoms with Crippen LogP contribution in [-0.2, 0) is 4.79 Å². The van der Waals surface area contributed by atoms with Gasteiger partial charge in [0.05, 0.1) is 32.3 Å². The summed E-state index contributed by atoms with van der Waals surface area (Å²) in [6, 6.07) is 16.4. The zero-order chi connectivity index (χ0) is 18.2. The van der Waals surface area contributed by atoms with E-state index in [1.54, 1.807) is 24.3 Å². The van der Waals surface area contributed by atoms with Gasteiger partial charge >= 0.3 is 0 Å². The Kier molecular flexibility index (Phi) is 6.81. The molecule has 0 spiro atoms. The molecule has 0 aliphatic rings.